The lowest BCUT2D eigenvalue weighted by Gasteiger charge is -2.35. The van der Waals surface area contributed by atoms with Crippen LogP contribution in [0, 0.1) is 17.8 Å². The van der Waals surface area contributed by atoms with Gasteiger partial charge in [-0.2, -0.15) is 0 Å². The Morgan fingerprint density at radius 3 is 2.76 bits per heavy atom. The van der Waals surface area contributed by atoms with Gasteiger partial charge in [-0.05, 0) is 55.9 Å². The molecule has 4 rings (SSSR count). The van der Waals surface area contributed by atoms with Crippen molar-refractivity contribution >= 4 is 17.7 Å². The van der Waals surface area contributed by atoms with Crippen molar-refractivity contribution in [3.63, 3.8) is 0 Å². The average molecular weight is 396 g/mol. The SMILES string of the molecule is COC(=O)CC1CCC([C@H]2C=CC(N3CCc4ncnc(N)c4C3=O)=CC2)CC1. The number of rotatable bonds is 4. The number of fused-ring (bicyclic) bond motifs is 1. The van der Waals surface area contributed by atoms with E-state index >= 15 is 0 Å². The summed E-state index contributed by atoms with van der Waals surface area (Å²) in [5.74, 6) is 1.64. The van der Waals surface area contributed by atoms with E-state index in [1.54, 1.807) is 4.90 Å². The molecule has 0 unspecified atom stereocenters. The van der Waals surface area contributed by atoms with E-state index < -0.39 is 0 Å². The van der Waals surface area contributed by atoms with E-state index in [9.17, 15) is 9.59 Å². The van der Waals surface area contributed by atoms with Crippen molar-refractivity contribution in [1.29, 1.82) is 0 Å². The Morgan fingerprint density at radius 1 is 1.28 bits per heavy atom. The van der Waals surface area contributed by atoms with Gasteiger partial charge in [0.05, 0.1) is 12.8 Å². The molecule has 1 fully saturated rings. The van der Waals surface area contributed by atoms with Gasteiger partial charge in [0.15, 0.2) is 0 Å². The smallest absolute Gasteiger partial charge is 0.305 e. The van der Waals surface area contributed by atoms with Crippen LogP contribution in [0.15, 0.2) is 30.3 Å². The number of esters is 1. The molecule has 1 aromatic heterocycles. The van der Waals surface area contributed by atoms with Crippen molar-refractivity contribution in [2.45, 2.75) is 44.9 Å². The lowest BCUT2D eigenvalue weighted by Crippen LogP contribution is -2.38. The number of hydrogen-bond donors (Lipinski definition) is 1. The van der Waals surface area contributed by atoms with E-state index in [1.165, 1.54) is 13.4 Å². The Balaban J connectivity index is 1.35. The first-order chi connectivity index (χ1) is 14.1. The molecular formula is C22H28N4O3. The minimum atomic E-state index is -0.109. The van der Waals surface area contributed by atoms with Crippen LogP contribution in [-0.2, 0) is 16.0 Å². The number of methoxy groups -OCH3 is 1. The lowest BCUT2D eigenvalue weighted by atomic mass is 9.73. The fraction of sp³-hybridized carbons (Fsp3) is 0.545. The van der Waals surface area contributed by atoms with E-state index in [1.807, 2.05) is 0 Å². The Kier molecular flexibility index (Phi) is 5.65. The zero-order chi connectivity index (χ0) is 20.4. The monoisotopic (exact) mass is 396 g/mol. The van der Waals surface area contributed by atoms with Crippen molar-refractivity contribution in [3.8, 4) is 0 Å². The molecule has 1 saturated carbocycles. The Morgan fingerprint density at radius 2 is 2.07 bits per heavy atom. The van der Waals surface area contributed by atoms with Crippen LogP contribution in [0.2, 0.25) is 0 Å². The highest BCUT2D eigenvalue weighted by Crippen LogP contribution is 2.39. The molecule has 1 aliphatic heterocycles. The second kappa shape index (κ2) is 8.35. The van der Waals surface area contributed by atoms with Gasteiger partial charge in [0, 0.05) is 25.1 Å². The van der Waals surface area contributed by atoms with E-state index in [2.05, 4.69) is 28.2 Å². The molecule has 154 valence electrons. The molecule has 0 saturated heterocycles. The van der Waals surface area contributed by atoms with Crippen LogP contribution in [0.25, 0.3) is 0 Å². The maximum atomic E-state index is 12.9. The third-order valence-electron chi connectivity index (χ3n) is 6.59. The van der Waals surface area contributed by atoms with Gasteiger partial charge in [-0.25, -0.2) is 9.97 Å². The minimum absolute atomic E-state index is 0.0996. The number of hydrogen-bond acceptors (Lipinski definition) is 6. The van der Waals surface area contributed by atoms with Crippen LogP contribution >= 0.6 is 0 Å². The highest BCUT2D eigenvalue weighted by atomic mass is 16.5. The van der Waals surface area contributed by atoms with Crippen LogP contribution in [-0.4, -0.2) is 40.4 Å². The largest absolute Gasteiger partial charge is 0.469 e. The lowest BCUT2D eigenvalue weighted by molar-refractivity contribution is -0.142. The summed E-state index contributed by atoms with van der Waals surface area (Å²) in [7, 11) is 1.46. The van der Waals surface area contributed by atoms with Crippen LogP contribution in [0.3, 0.4) is 0 Å². The number of ether oxygens (including phenoxy) is 1. The van der Waals surface area contributed by atoms with Gasteiger partial charge < -0.3 is 15.4 Å². The first-order valence-corrected chi connectivity index (χ1v) is 10.4. The van der Waals surface area contributed by atoms with Crippen LogP contribution < -0.4 is 5.73 Å². The van der Waals surface area contributed by atoms with Gasteiger partial charge >= 0.3 is 5.97 Å². The molecule has 0 aromatic carbocycles. The quantitative estimate of drug-likeness (QED) is 0.786. The number of carbonyl (C=O) groups is 2. The zero-order valence-corrected chi connectivity index (χ0v) is 16.8. The van der Waals surface area contributed by atoms with E-state index in [-0.39, 0.29) is 17.7 Å². The molecule has 0 radical (unpaired) electrons. The number of nitrogens with two attached hydrogens (primary N) is 1. The minimum Gasteiger partial charge on any atom is -0.469 e. The van der Waals surface area contributed by atoms with Crippen molar-refractivity contribution in [2.75, 3.05) is 19.4 Å². The summed E-state index contributed by atoms with van der Waals surface area (Å²) in [6.07, 6.45) is 14.6. The van der Waals surface area contributed by atoms with Crippen molar-refractivity contribution in [1.82, 2.24) is 14.9 Å². The van der Waals surface area contributed by atoms with Gasteiger partial charge in [-0.1, -0.05) is 12.2 Å². The number of carbonyl (C=O) groups excluding carboxylic acids is 2. The summed E-state index contributed by atoms with van der Waals surface area (Å²) in [6, 6.07) is 0. The fourth-order valence-corrected chi connectivity index (χ4v) is 4.88. The van der Waals surface area contributed by atoms with Gasteiger partial charge in [-0.15, -0.1) is 0 Å². The topological polar surface area (TPSA) is 98.4 Å². The van der Waals surface area contributed by atoms with Crippen molar-refractivity contribution in [2.24, 2.45) is 17.8 Å². The highest BCUT2D eigenvalue weighted by molar-refractivity contribution is 6.01. The first kappa shape index (κ1) is 19.6. The first-order valence-electron chi connectivity index (χ1n) is 10.4. The molecule has 3 aliphatic rings. The Hall–Kier alpha value is -2.70. The summed E-state index contributed by atoms with van der Waals surface area (Å²) in [6.45, 7) is 0.613. The number of amides is 1. The number of aromatic nitrogens is 2. The zero-order valence-electron chi connectivity index (χ0n) is 16.8. The highest BCUT2D eigenvalue weighted by Gasteiger charge is 2.32. The van der Waals surface area contributed by atoms with Crippen LogP contribution in [0.5, 0.6) is 0 Å². The molecule has 0 spiro atoms. The summed E-state index contributed by atoms with van der Waals surface area (Å²) >= 11 is 0. The van der Waals surface area contributed by atoms with Gasteiger partial charge in [-0.3, -0.25) is 9.59 Å². The molecule has 1 atom stereocenters. The average Bonchev–Trinajstić information content (AvgIpc) is 2.75. The number of anilines is 1. The van der Waals surface area contributed by atoms with E-state index in [0.717, 1.165) is 43.5 Å². The third kappa shape index (κ3) is 4.04. The number of allylic oxidation sites excluding steroid dienone is 3. The second-order valence-electron chi connectivity index (χ2n) is 8.24. The molecule has 1 amide bonds. The van der Waals surface area contributed by atoms with Crippen molar-refractivity contribution < 1.29 is 14.3 Å². The molecular weight excluding hydrogens is 368 g/mol. The number of nitrogens with zero attached hydrogens (tertiary/aromatic N) is 3. The molecule has 2 N–H and O–H groups in total. The third-order valence-corrected chi connectivity index (χ3v) is 6.59. The number of nitrogen functional groups attached to an aromatic ring is 1. The maximum Gasteiger partial charge on any atom is 0.305 e. The molecule has 29 heavy (non-hydrogen) atoms. The predicted molar refractivity (Wildman–Crippen MR) is 109 cm³/mol. The molecule has 0 bridgehead atoms. The standard InChI is InChI=1S/C22H28N4O3/c1-29-19(27)12-14-2-4-15(5-3-14)16-6-8-17(9-7-16)26-11-10-18-20(22(26)28)21(23)25-13-24-18/h6,8-9,13-16H,2-5,7,10-12H2,1H3,(H2,23,24,25)/t14?,15?,16-/m0/s1. The second-order valence-corrected chi connectivity index (χ2v) is 8.24. The molecule has 2 aliphatic carbocycles. The van der Waals surface area contributed by atoms with E-state index in [0.29, 0.717) is 42.7 Å². The maximum absolute atomic E-state index is 12.9. The predicted octanol–water partition coefficient (Wildman–Crippen LogP) is 2.89. The molecule has 7 heteroatoms. The van der Waals surface area contributed by atoms with Crippen molar-refractivity contribution in [3.05, 3.63) is 41.5 Å². The molecule has 7 nitrogen and oxygen atoms in total. The Labute approximate surface area is 171 Å². The van der Waals surface area contributed by atoms with Gasteiger partial charge in [0.2, 0.25) is 0 Å². The summed E-state index contributed by atoms with van der Waals surface area (Å²) in [5, 5.41) is 0. The fourth-order valence-electron chi connectivity index (χ4n) is 4.88. The van der Waals surface area contributed by atoms with Gasteiger partial charge in [0.1, 0.15) is 17.7 Å². The summed E-state index contributed by atoms with van der Waals surface area (Å²) in [5.41, 5.74) is 8.05. The van der Waals surface area contributed by atoms with Crippen LogP contribution in [0.1, 0.15) is 54.6 Å². The van der Waals surface area contributed by atoms with Gasteiger partial charge in [0.25, 0.3) is 5.91 Å². The van der Waals surface area contributed by atoms with E-state index in [4.69, 9.17) is 10.5 Å². The summed E-state index contributed by atoms with van der Waals surface area (Å²) < 4.78 is 4.80. The summed E-state index contributed by atoms with van der Waals surface area (Å²) in [4.78, 5) is 34.4. The molecule has 2 heterocycles. The molecule has 1 aromatic rings. The van der Waals surface area contributed by atoms with Crippen LogP contribution in [0.4, 0.5) is 5.82 Å². The normalized spacial score (nSPS) is 26.7. The Bertz CT molecular complexity index is 856.